The standard InChI is InChI=1S/C25H28N4O4/c1-17-14-19(21-6-2-3-7-22(21)27-17)16-33-20-10-8-18(9-11-20)24(30)26-15-23(25(31)28-32)29-12-4-5-13-29/h2-3,6-11,14,23,32H,4-5,12-13,15-16H2,1H3,(H,26,30)(H,28,31). The minimum atomic E-state index is -0.595. The van der Waals surface area contributed by atoms with E-state index in [1.807, 2.05) is 42.2 Å². The van der Waals surface area contributed by atoms with Crippen LogP contribution >= 0.6 is 0 Å². The molecular weight excluding hydrogens is 420 g/mol. The molecule has 8 heteroatoms. The normalized spacial score (nSPS) is 14.7. The first kappa shape index (κ1) is 22.7. The van der Waals surface area contributed by atoms with Crippen molar-refractivity contribution in [1.82, 2.24) is 20.7 Å². The number of hydrogen-bond donors (Lipinski definition) is 3. The quantitative estimate of drug-likeness (QED) is 0.362. The zero-order valence-corrected chi connectivity index (χ0v) is 18.6. The van der Waals surface area contributed by atoms with Crippen molar-refractivity contribution in [2.24, 2.45) is 0 Å². The van der Waals surface area contributed by atoms with E-state index in [0.29, 0.717) is 17.9 Å². The first-order valence-electron chi connectivity index (χ1n) is 11.1. The number of amides is 2. The highest BCUT2D eigenvalue weighted by atomic mass is 16.5. The Morgan fingerprint density at radius 3 is 2.58 bits per heavy atom. The molecule has 1 aliphatic heterocycles. The Labute approximate surface area is 192 Å². The van der Waals surface area contributed by atoms with Crippen molar-refractivity contribution in [2.75, 3.05) is 19.6 Å². The summed E-state index contributed by atoms with van der Waals surface area (Å²) in [7, 11) is 0. The van der Waals surface area contributed by atoms with Gasteiger partial charge in [0, 0.05) is 28.8 Å². The van der Waals surface area contributed by atoms with Crippen LogP contribution < -0.4 is 15.5 Å². The maximum Gasteiger partial charge on any atom is 0.262 e. The monoisotopic (exact) mass is 448 g/mol. The first-order valence-corrected chi connectivity index (χ1v) is 11.1. The van der Waals surface area contributed by atoms with Crippen molar-refractivity contribution in [3.8, 4) is 5.75 Å². The summed E-state index contributed by atoms with van der Waals surface area (Å²) in [4.78, 5) is 31.1. The molecule has 1 atom stereocenters. The van der Waals surface area contributed by atoms with Crippen LogP contribution in [0.5, 0.6) is 5.75 Å². The molecule has 0 radical (unpaired) electrons. The fraction of sp³-hybridized carbons (Fsp3) is 0.320. The Morgan fingerprint density at radius 1 is 1.12 bits per heavy atom. The number of pyridine rings is 1. The van der Waals surface area contributed by atoms with Crippen LogP contribution in [0.3, 0.4) is 0 Å². The van der Waals surface area contributed by atoms with Crippen LogP contribution in [-0.2, 0) is 11.4 Å². The first-order chi connectivity index (χ1) is 16.0. The summed E-state index contributed by atoms with van der Waals surface area (Å²) in [6, 6.07) is 16.3. The minimum Gasteiger partial charge on any atom is -0.489 e. The van der Waals surface area contributed by atoms with Crippen molar-refractivity contribution in [3.63, 3.8) is 0 Å². The molecule has 1 aromatic heterocycles. The third kappa shape index (κ3) is 5.47. The summed E-state index contributed by atoms with van der Waals surface area (Å²) in [5.74, 6) is -0.147. The molecule has 0 bridgehead atoms. The van der Waals surface area contributed by atoms with Gasteiger partial charge in [0.05, 0.1) is 5.52 Å². The molecule has 2 amide bonds. The van der Waals surface area contributed by atoms with Crippen LogP contribution in [0.25, 0.3) is 10.9 Å². The number of para-hydroxylation sites is 1. The van der Waals surface area contributed by atoms with Crippen LogP contribution in [0, 0.1) is 6.92 Å². The number of aryl methyl sites for hydroxylation is 1. The molecule has 4 rings (SSSR count). The molecule has 2 heterocycles. The molecule has 1 saturated heterocycles. The van der Waals surface area contributed by atoms with Crippen molar-refractivity contribution in [1.29, 1.82) is 0 Å². The Bertz CT molecular complexity index is 1130. The van der Waals surface area contributed by atoms with Gasteiger partial charge in [0.15, 0.2) is 0 Å². The van der Waals surface area contributed by atoms with Crippen LogP contribution in [0.1, 0.15) is 34.5 Å². The summed E-state index contributed by atoms with van der Waals surface area (Å²) < 4.78 is 5.95. The largest absolute Gasteiger partial charge is 0.489 e. The number of nitrogens with one attached hydrogen (secondary N) is 2. The number of carbonyl (C=O) groups is 2. The van der Waals surface area contributed by atoms with Gasteiger partial charge in [0.2, 0.25) is 0 Å². The Morgan fingerprint density at radius 2 is 1.85 bits per heavy atom. The third-order valence-electron chi connectivity index (χ3n) is 5.89. The zero-order chi connectivity index (χ0) is 23.2. The molecule has 172 valence electrons. The van der Waals surface area contributed by atoms with E-state index in [4.69, 9.17) is 9.94 Å². The molecular formula is C25H28N4O4. The molecule has 1 fully saturated rings. The Balaban J connectivity index is 1.36. The summed E-state index contributed by atoms with van der Waals surface area (Å²) in [5, 5.41) is 12.9. The van der Waals surface area contributed by atoms with Gasteiger partial charge in [0.25, 0.3) is 11.8 Å². The van der Waals surface area contributed by atoms with E-state index in [1.165, 1.54) is 0 Å². The number of hydrogen-bond acceptors (Lipinski definition) is 6. The van der Waals surface area contributed by atoms with Crippen molar-refractivity contribution in [2.45, 2.75) is 32.4 Å². The molecule has 1 unspecified atom stereocenters. The number of benzene rings is 2. The van der Waals surface area contributed by atoms with Crippen LogP contribution in [0.4, 0.5) is 0 Å². The Hall–Kier alpha value is -3.49. The van der Waals surface area contributed by atoms with E-state index >= 15 is 0 Å². The summed E-state index contributed by atoms with van der Waals surface area (Å²) >= 11 is 0. The van der Waals surface area contributed by atoms with Crippen molar-refractivity contribution in [3.05, 3.63) is 71.4 Å². The maximum atomic E-state index is 12.6. The molecule has 1 aliphatic rings. The van der Waals surface area contributed by atoms with Crippen LogP contribution in [0.15, 0.2) is 54.6 Å². The minimum absolute atomic E-state index is 0.123. The molecule has 3 N–H and O–H groups in total. The highest BCUT2D eigenvalue weighted by molar-refractivity contribution is 5.94. The van der Waals surface area contributed by atoms with Gasteiger partial charge >= 0.3 is 0 Å². The van der Waals surface area contributed by atoms with Gasteiger partial charge in [-0.3, -0.25) is 24.7 Å². The van der Waals surface area contributed by atoms with E-state index in [2.05, 4.69) is 10.3 Å². The molecule has 3 aromatic rings. The lowest BCUT2D eigenvalue weighted by molar-refractivity contribution is -0.134. The molecule has 0 spiro atoms. The lowest BCUT2D eigenvalue weighted by Gasteiger charge is -2.25. The van der Waals surface area contributed by atoms with Gasteiger partial charge in [-0.2, -0.15) is 0 Å². The van der Waals surface area contributed by atoms with Gasteiger partial charge in [0.1, 0.15) is 18.4 Å². The number of likely N-dealkylation sites (tertiary alicyclic amines) is 1. The van der Waals surface area contributed by atoms with Crippen LogP contribution in [0.2, 0.25) is 0 Å². The predicted molar refractivity (Wildman–Crippen MR) is 124 cm³/mol. The van der Waals surface area contributed by atoms with E-state index in [9.17, 15) is 9.59 Å². The van der Waals surface area contributed by atoms with Gasteiger partial charge < -0.3 is 10.1 Å². The third-order valence-corrected chi connectivity index (χ3v) is 5.89. The highest BCUT2D eigenvalue weighted by Crippen LogP contribution is 2.21. The SMILES string of the molecule is Cc1cc(COc2ccc(C(=O)NCC(C(=O)NO)N3CCCC3)cc2)c2ccccc2n1. The number of aromatic nitrogens is 1. The van der Waals surface area contributed by atoms with E-state index in [0.717, 1.165) is 48.1 Å². The second-order valence-corrected chi connectivity index (χ2v) is 8.20. The fourth-order valence-electron chi connectivity index (χ4n) is 4.18. The topological polar surface area (TPSA) is 104 Å². The highest BCUT2D eigenvalue weighted by Gasteiger charge is 2.28. The molecule has 0 saturated carbocycles. The average Bonchev–Trinajstić information content (AvgIpc) is 3.37. The second-order valence-electron chi connectivity index (χ2n) is 8.20. The number of fused-ring (bicyclic) bond motifs is 1. The summed E-state index contributed by atoms with van der Waals surface area (Å²) in [6.45, 7) is 4.02. The molecule has 2 aromatic carbocycles. The lowest BCUT2D eigenvalue weighted by atomic mass is 10.1. The van der Waals surface area contributed by atoms with E-state index in [-0.39, 0.29) is 12.5 Å². The van der Waals surface area contributed by atoms with E-state index < -0.39 is 11.9 Å². The second kappa shape index (κ2) is 10.4. The number of rotatable bonds is 8. The van der Waals surface area contributed by atoms with Gasteiger partial charge in [-0.05, 0) is 69.3 Å². The molecule has 33 heavy (non-hydrogen) atoms. The summed E-state index contributed by atoms with van der Waals surface area (Å²) in [5.41, 5.74) is 5.09. The van der Waals surface area contributed by atoms with Crippen molar-refractivity contribution >= 4 is 22.7 Å². The maximum absolute atomic E-state index is 12.6. The number of nitrogens with zero attached hydrogens (tertiary/aromatic N) is 2. The van der Waals surface area contributed by atoms with Gasteiger partial charge in [-0.1, -0.05) is 18.2 Å². The Kier molecular flexibility index (Phi) is 7.16. The fourth-order valence-corrected chi connectivity index (χ4v) is 4.18. The zero-order valence-electron chi connectivity index (χ0n) is 18.6. The lowest BCUT2D eigenvalue weighted by Crippen LogP contribution is -2.51. The smallest absolute Gasteiger partial charge is 0.262 e. The predicted octanol–water partition coefficient (Wildman–Crippen LogP) is 2.82. The van der Waals surface area contributed by atoms with Crippen molar-refractivity contribution < 1.29 is 19.5 Å². The summed E-state index contributed by atoms with van der Waals surface area (Å²) in [6.07, 6.45) is 2.00. The number of hydroxylamine groups is 1. The number of carbonyl (C=O) groups excluding carboxylic acids is 2. The van der Waals surface area contributed by atoms with Crippen LogP contribution in [-0.4, -0.2) is 52.6 Å². The molecule has 8 nitrogen and oxygen atoms in total. The van der Waals surface area contributed by atoms with Gasteiger partial charge in [-0.15, -0.1) is 0 Å². The number of ether oxygens (including phenoxy) is 1. The molecule has 0 aliphatic carbocycles. The average molecular weight is 449 g/mol. The van der Waals surface area contributed by atoms with Gasteiger partial charge in [-0.25, -0.2) is 5.48 Å². The van der Waals surface area contributed by atoms with E-state index in [1.54, 1.807) is 29.7 Å².